The van der Waals surface area contributed by atoms with Crippen LogP contribution in [-0.4, -0.2) is 35.7 Å². The Kier molecular flexibility index (Phi) is 6.26. The maximum atomic E-state index is 14.8. The standard InChI is InChI=1S/C34H29FN4O3/c35-28-13-5-2-10-24(28)22-38-30-15-7-4-12-27(30)34(33(38)42)36-29-14-6-3-11-26(29)32(41)39(34)25-18-16-23(17-19-25)31(40)37-20-8-1-9-21-37/h2-7,10-19,36H,1,8-9,20-22H2/t34-/m1/s1. The Morgan fingerprint density at radius 2 is 1.50 bits per heavy atom. The van der Waals surface area contributed by atoms with Crippen molar-refractivity contribution in [2.45, 2.75) is 31.5 Å². The van der Waals surface area contributed by atoms with Gasteiger partial charge in [-0.2, -0.15) is 0 Å². The maximum absolute atomic E-state index is 14.8. The lowest BCUT2D eigenvalue weighted by molar-refractivity contribution is -0.122. The summed E-state index contributed by atoms with van der Waals surface area (Å²) in [5.41, 5.74) is 1.88. The van der Waals surface area contributed by atoms with Gasteiger partial charge in [-0.3, -0.25) is 19.3 Å². The first-order chi connectivity index (χ1) is 20.5. The number of nitrogens with zero attached hydrogens (tertiary/aromatic N) is 3. The molecule has 42 heavy (non-hydrogen) atoms. The Morgan fingerprint density at radius 1 is 0.810 bits per heavy atom. The highest BCUT2D eigenvalue weighted by Gasteiger charge is 2.59. The van der Waals surface area contributed by atoms with E-state index in [1.165, 1.54) is 15.9 Å². The predicted octanol–water partition coefficient (Wildman–Crippen LogP) is 5.92. The first-order valence-corrected chi connectivity index (χ1v) is 14.2. The molecule has 4 aromatic rings. The highest BCUT2D eigenvalue weighted by atomic mass is 19.1. The number of hydrogen-bond acceptors (Lipinski definition) is 4. The molecule has 3 aliphatic rings. The van der Waals surface area contributed by atoms with E-state index in [1.54, 1.807) is 60.7 Å². The molecule has 7 rings (SSSR count). The molecule has 1 N–H and O–H groups in total. The van der Waals surface area contributed by atoms with E-state index in [1.807, 2.05) is 35.2 Å². The predicted molar refractivity (Wildman–Crippen MR) is 159 cm³/mol. The highest BCUT2D eigenvalue weighted by molar-refractivity contribution is 6.22. The third-order valence-corrected chi connectivity index (χ3v) is 8.45. The van der Waals surface area contributed by atoms with Gasteiger partial charge in [0.2, 0.25) is 5.66 Å². The highest BCUT2D eigenvalue weighted by Crippen LogP contribution is 2.50. The zero-order valence-electron chi connectivity index (χ0n) is 22.9. The van der Waals surface area contributed by atoms with Gasteiger partial charge in [0.05, 0.1) is 17.8 Å². The number of rotatable bonds is 4. The molecular weight excluding hydrogens is 531 g/mol. The second kappa shape index (κ2) is 10.1. The molecule has 3 heterocycles. The van der Waals surface area contributed by atoms with Gasteiger partial charge in [0.25, 0.3) is 17.7 Å². The number of piperidine rings is 1. The van der Waals surface area contributed by atoms with Crippen LogP contribution in [0.4, 0.5) is 21.5 Å². The summed E-state index contributed by atoms with van der Waals surface area (Å²) < 4.78 is 14.8. The fourth-order valence-corrected chi connectivity index (χ4v) is 6.37. The molecule has 0 unspecified atom stereocenters. The summed E-state index contributed by atoms with van der Waals surface area (Å²) in [7, 11) is 0. The Balaban J connectivity index is 1.35. The normalized spacial score (nSPS) is 19.5. The summed E-state index contributed by atoms with van der Waals surface area (Å²) in [6.07, 6.45) is 3.11. The van der Waals surface area contributed by atoms with E-state index in [0.29, 0.717) is 39.3 Å². The lowest BCUT2D eigenvalue weighted by atomic mass is 9.92. The number of carbonyl (C=O) groups excluding carboxylic acids is 3. The summed E-state index contributed by atoms with van der Waals surface area (Å²) in [4.78, 5) is 47.0. The van der Waals surface area contributed by atoms with Crippen LogP contribution in [0, 0.1) is 5.82 Å². The van der Waals surface area contributed by atoms with Gasteiger partial charge in [0.15, 0.2) is 0 Å². The van der Waals surface area contributed by atoms with Crippen LogP contribution < -0.4 is 15.1 Å². The molecule has 8 heteroatoms. The van der Waals surface area contributed by atoms with Gasteiger partial charge < -0.3 is 15.1 Å². The van der Waals surface area contributed by atoms with E-state index in [-0.39, 0.29) is 18.4 Å². The van der Waals surface area contributed by atoms with Crippen molar-refractivity contribution in [1.82, 2.24) is 4.90 Å². The van der Waals surface area contributed by atoms with Crippen LogP contribution in [-0.2, 0) is 17.0 Å². The quantitative estimate of drug-likeness (QED) is 0.336. The largest absolute Gasteiger partial charge is 0.350 e. The number of fused-ring (bicyclic) bond motifs is 3. The topological polar surface area (TPSA) is 73.0 Å². The van der Waals surface area contributed by atoms with Crippen molar-refractivity contribution in [1.29, 1.82) is 0 Å². The third kappa shape index (κ3) is 3.97. The van der Waals surface area contributed by atoms with Gasteiger partial charge >= 0.3 is 0 Å². The molecule has 0 aliphatic carbocycles. The Morgan fingerprint density at radius 3 is 2.29 bits per heavy atom. The van der Waals surface area contributed by atoms with Crippen molar-refractivity contribution >= 4 is 34.8 Å². The van der Waals surface area contributed by atoms with Crippen LogP contribution in [0.15, 0.2) is 97.1 Å². The minimum Gasteiger partial charge on any atom is -0.350 e. The molecule has 1 atom stereocenters. The second-order valence-corrected chi connectivity index (χ2v) is 10.9. The lowest BCUT2D eigenvalue weighted by Crippen LogP contribution is -2.63. The van der Waals surface area contributed by atoms with Gasteiger partial charge in [-0.1, -0.05) is 48.5 Å². The molecule has 1 saturated heterocycles. The molecule has 4 aromatic carbocycles. The average Bonchev–Trinajstić information content (AvgIpc) is 3.25. The van der Waals surface area contributed by atoms with Crippen LogP contribution in [0.5, 0.6) is 0 Å². The smallest absolute Gasteiger partial charge is 0.279 e. The number of carbonyl (C=O) groups is 3. The van der Waals surface area contributed by atoms with Crippen molar-refractivity contribution < 1.29 is 18.8 Å². The molecule has 7 nitrogen and oxygen atoms in total. The zero-order valence-corrected chi connectivity index (χ0v) is 22.9. The zero-order chi connectivity index (χ0) is 28.8. The first kappa shape index (κ1) is 26.0. The number of anilines is 3. The lowest BCUT2D eigenvalue weighted by Gasteiger charge is -2.45. The summed E-state index contributed by atoms with van der Waals surface area (Å²) in [6.45, 7) is 1.47. The number of benzene rings is 4. The van der Waals surface area contributed by atoms with Gasteiger partial charge in [-0.25, -0.2) is 4.39 Å². The summed E-state index contributed by atoms with van der Waals surface area (Å²) in [5.74, 6) is -1.20. The molecule has 0 radical (unpaired) electrons. The van der Waals surface area contributed by atoms with Crippen LogP contribution in [0.25, 0.3) is 0 Å². The first-order valence-electron chi connectivity index (χ1n) is 14.2. The van der Waals surface area contributed by atoms with Crippen molar-refractivity contribution in [2.75, 3.05) is 28.2 Å². The second-order valence-electron chi connectivity index (χ2n) is 10.9. The molecular formula is C34H29FN4O3. The van der Waals surface area contributed by atoms with Gasteiger partial charge in [0.1, 0.15) is 5.82 Å². The molecule has 0 aromatic heterocycles. The Labute approximate surface area is 243 Å². The third-order valence-electron chi connectivity index (χ3n) is 8.45. The molecule has 1 fully saturated rings. The van der Waals surface area contributed by atoms with Crippen LogP contribution in [0.3, 0.4) is 0 Å². The number of likely N-dealkylation sites (tertiary alicyclic amines) is 1. The Bertz CT molecular complexity index is 1720. The monoisotopic (exact) mass is 560 g/mol. The van der Waals surface area contributed by atoms with E-state index >= 15 is 0 Å². The minimum atomic E-state index is -1.62. The average molecular weight is 561 g/mol. The van der Waals surface area contributed by atoms with Gasteiger partial charge in [0, 0.05) is 41.2 Å². The molecule has 3 aliphatic heterocycles. The molecule has 1 spiro atoms. The maximum Gasteiger partial charge on any atom is 0.279 e. The van der Waals surface area contributed by atoms with E-state index in [4.69, 9.17) is 0 Å². The van der Waals surface area contributed by atoms with Crippen LogP contribution in [0.2, 0.25) is 0 Å². The summed E-state index contributed by atoms with van der Waals surface area (Å²) in [6, 6.07) is 27.6. The number of amides is 3. The fourth-order valence-electron chi connectivity index (χ4n) is 6.37. The number of halogens is 1. The molecule has 3 amide bonds. The van der Waals surface area contributed by atoms with E-state index in [2.05, 4.69) is 5.32 Å². The van der Waals surface area contributed by atoms with E-state index < -0.39 is 17.4 Å². The SMILES string of the molecule is O=C(c1ccc(N2C(=O)c3ccccc3N[C@@]23C(=O)N(Cc2ccccc2F)c2ccccc23)cc1)N1CCCCC1. The van der Waals surface area contributed by atoms with E-state index in [9.17, 15) is 18.8 Å². The van der Waals surface area contributed by atoms with Crippen molar-refractivity contribution in [2.24, 2.45) is 0 Å². The minimum absolute atomic E-state index is 0.00109. The van der Waals surface area contributed by atoms with E-state index in [0.717, 1.165) is 32.4 Å². The summed E-state index contributed by atoms with van der Waals surface area (Å²) in [5, 5.41) is 3.42. The van der Waals surface area contributed by atoms with Crippen molar-refractivity contribution in [3.63, 3.8) is 0 Å². The van der Waals surface area contributed by atoms with Gasteiger partial charge in [-0.05, 0) is 67.8 Å². The Hall–Kier alpha value is -4.98. The van der Waals surface area contributed by atoms with Crippen LogP contribution in [0.1, 0.15) is 51.1 Å². The molecule has 0 saturated carbocycles. The number of nitrogens with one attached hydrogen (secondary N) is 1. The number of hydrogen-bond donors (Lipinski definition) is 1. The molecule has 0 bridgehead atoms. The van der Waals surface area contributed by atoms with Crippen molar-refractivity contribution in [3.8, 4) is 0 Å². The fraction of sp³-hybridized carbons (Fsp3) is 0.206. The van der Waals surface area contributed by atoms with Crippen LogP contribution >= 0.6 is 0 Å². The number of para-hydroxylation sites is 2. The summed E-state index contributed by atoms with van der Waals surface area (Å²) >= 11 is 0. The molecule has 210 valence electrons. The van der Waals surface area contributed by atoms with Gasteiger partial charge in [-0.15, -0.1) is 0 Å². The van der Waals surface area contributed by atoms with Crippen molar-refractivity contribution in [3.05, 3.63) is 125 Å².